The number of benzene rings is 2. The molecule has 0 aliphatic rings. The third-order valence-corrected chi connectivity index (χ3v) is 5.01. The number of hydrogen-bond donors (Lipinski definition) is 1. The summed E-state index contributed by atoms with van der Waals surface area (Å²) in [5, 5.41) is 2.90. The van der Waals surface area contributed by atoms with Crippen molar-refractivity contribution < 1.29 is 14.3 Å². The Hall–Kier alpha value is -4.33. The molecule has 0 saturated heterocycles. The number of anilines is 1. The first-order valence-corrected chi connectivity index (χ1v) is 11.0. The highest BCUT2D eigenvalue weighted by Gasteiger charge is 2.15. The van der Waals surface area contributed by atoms with Crippen molar-refractivity contribution in [3.63, 3.8) is 0 Å². The topological polar surface area (TPSA) is 99.1 Å². The molecule has 0 aliphatic carbocycles. The van der Waals surface area contributed by atoms with E-state index in [0.29, 0.717) is 58.9 Å². The third kappa shape index (κ3) is 5.35. The van der Waals surface area contributed by atoms with Crippen LogP contribution in [0.25, 0.3) is 11.4 Å². The van der Waals surface area contributed by atoms with Crippen LogP contribution in [0.3, 0.4) is 0 Å². The fourth-order valence-electron chi connectivity index (χ4n) is 3.26. The summed E-state index contributed by atoms with van der Waals surface area (Å²) in [5.74, 6) is 2.46. The maximum atomic E-state index is 12.9. The van der Waals surface area contributed by atoms with Gasteiger partial charge < -0.3 is 14.8 Å². The lowest BCUT2D eigenvalue weighted by Crippen LogP contribution is -2.12. The van der Waals surface area contributed by atoms with Crippen LogP contribution >= 0.6 is 0 Å². The molecular formula is C26H25N5O3. The van der Waals surface area contributed by atoms with E-state index in [1.165, 1.54) is 6.33 Å². The van der Waals surface area contributed by atoms with Gasteiger partial charge >= 0.3 is 0 Å². The van der Waals surface area contributed by atoms with Gasteiger partial charge in [0, 0.05) is 29.9 Å². The molecule has 0 spiro atoms. The number of aryl methyl sites for hydroxylation is 2. The Bertz CT molecular complexity index is 1310. The summed E-state index contributed by atoms with van der Waals surface area (Å²) in [6, 6.07) is 16.2. The first-order valence-electron chi connectivity index (χ1n) is 11.0. The molecule has 2 aromatic carbocycles. The van der Waals surface area contributed by atoms with Crippen molar-refractivity contribution >= 4 is 11.6 Å². The molecule has 0 aliphatic heterocycles. The van der Waals surface area contributed by atoms with Gasteiger partial charge in [-0.3, -0.25) is 4.79 Å². The van der Waals surface area contributed by atoms with Crippen LogP contribution in [-0.2, 0) is 6.42 Å². The highest BCUT2D eigenvalue weighted by molar-refractivity contribution is 6.04. The maximum Gasteiger partial charge on any atom is 0.255 e. The number of amides is 1. The highest BCUT2D eigenvalue weighted by atomic mass is 16.5. The standard InChI is InChI=1S/C26H25N5O3/c1-4-23-28-16-29-24(31-23)21-10-7-13-27-26(21)34-22-14-18(12-11-17(22)3)25(32)30-19-8-6-9-20(15-19)33-5-2/h6-16H,4-5H2,1-3H3,(H,30,32). The van der Waals surface area contributed by atoms with Gasteiger partial charge in [0.1, 0.15) is 23.7 Å². The van der Waals surface area contributed by atoms with Crippen molar-refractivity contribution in [1.82, 2.24) is 19.9 Å². The minimum atomic E-state index is -0.259. The van der Waals surface area contributed by atoms with Crippen LogP contribution < -0.4 is 14.8 Å². The molecule has 8 nitrogen and oxygen atoms in total. The molecular weight excluding hydrogens is 430 g/mol. The minimum Gasteiger partial charge on any atom is -0.494 e. The van der Waals surface area contributed by atoms with E-state index in [-0.39, 0.29) is 5.91 Å². The molecule has 172 valence electrons. The predicted octanol–water partition coefficient (Wildman–Crippen LogP) is 5.25. The van der Waals surface area contributed by atoms with E-state index < -0.39 is 0 Å². The Morgan fingerprint density at radius 2 is 1.88 bits per heavy atom. The molecule has 0 atom stereocenters. The zero-order valence-corrected chi connectivity index (χ0v) is 19.3. The SMILES string of the molecule is CCOc1cccc(NC(=O)c2ccc(C)c(Oc3ncccc3-c3ncnc(CC)n3)c2)c1. The zero-order valence-electron chi connectivity index (χ0n) is 19.3. The molecule has 2 aromatic heterocycles. The fraction of sp³-hybridized carbons (Fsp3) is 0.192. The lowest BCUT2D eigenvalue weighted by molar-refractivity contribution is 0.102. The van der Waals surface area contributed by atoms with Gasteiger partial charge in [0.15, 0.2) is 5.82 Å². The van der Waals surface area contributed by atoms with Crippen LogP contribution in [-0.4, -0.2) is 32.4 Å². The van der Waals surface area contributed by atoms with Gasteiger partial charge in [-0.2, -0.15) is 0 Å². The first kappa shape index (κ1) is 22.8. The summed E-state index contributed by atoms with van der Waals surface area (Å²) < 4.78 is 11.7. The zero-order chi connectivity index (χ0) is 23.9. The molecule has 0 saturated carbocycles. The molecule has 4 rings (SSSR count). The van der Waals surface area contributed by atoms with E-state index in [4.69, 9.17) is 9.47 Å². The van der Waals surface area contributed by atoms with Crippen LogP contribution in [0.15, 0.2) is 67.1 Å². The number of carbonyl (C=O) groups is 1. The van der Waals surface area contributed by atoms with Crippen molar-refractivity contribution in [3.05, 3.63) is 84.1 Å². The number of ether oxygens (including phenoxy) is 2. The highest BCUT2D eigenvalue weighted by Crippen LogP contribution is 2.31. The third-order valence-electron chi connectivity index (χ3n) is 5.01. The summed E-state index contributed by atoms with van der Waals surface area (Å²) in [6.07, 6.45) is 3.81. The molecule has 8 heteroatoms. The van der Waals surface area contributed by atoms with E-state index in [1.807, 2.05) is 51.1 Å². The van der Waals surface area contributed by atoms with Gasteiger partial charge in [-0.1, -0.05) is 19.1 Å². The molecule has 1 N–H and O–H groups in total. The normalized spacial score (nSPS) is 10.6. The maximum absolute atomic E-state index is 12.9. The molecule has 0 radical (unpaired) electrons. The Balaban J connectivity index is 1.59. The lowest BCUT2D eigenvalue weighted by Gasteiger charge is -2.13. The average Bonchev–Trinajstić information content (AvgIpc) is 2.86. The van der Waals surface area contributed by atoms with Gasteiger partial charge in [0.05, 0.1) is 12.2 Å². The number of pyridine rings is 1. The number of nitrogens with one attached hydrogen (secondary N) is 1. The quantitative estimate of drug-likeness (QED) is 0.387. The lowest BCUT2D eigenvalue weighted by atomic mass is 10.1. The van der Waals surface area contributed by atoms with Crippen LogP contribution in [0.5, 0.6) is 17.4 Å². The van der Waals surface area contributed by atoms with E-state index >= 15 is 0 Å². The average molecular weight is 456 g/mol. The summed E-state index contributed by atoms with van der Waals surface area (Å²) in [6.45, 7) is 6.35. The van der Waals surface area contributed by atoms with Crippen molar-refractivity contribution in [2.75, 3.05) is 11.9 Å². The van der Waals surface area contributed by atoms with Gasteiger partial charge in [-0.15, -0.1) is 0 Å². The Kier molecular flexibility index (Phi) is 7.07. The van der Waals surface area contributed by atoms with E-state index in [0.717, 1.165) is 5.56 Å². The van der Waals surface area contributed by atoms with Gasteiger partial charge in [-0.05, 0) is 55.8 Å². The summed E-state index contributed by atoms with van der Waals surface area (Å²) in [4.78, 5) is 30.2. The van der Waals surface area contributed by atoms with Crippen molar-refractivity contribution in [2.45, 2.75) is 27.2 Å². The molecule has 2 heterocycles. The van der Waals surface area contributed by atoms with Crippen LogP contribution in [0.4, 0.5) is 5.69 Å². The van der Waals surface area contributed by atoms with Crippen molar-refractivity contribution in [2.24, 2.45) is 0 Å². The van der Waals surface area contributed by atoms with Crippen LogP contribution in [0.1, 0.15) is 35.6 Å². The summed E-state index contributed by atoms with van der Waals surface area (Å²) >= 11 is 0. The van der Waals surface area contributed by atoms with E-state index in [1.54, 1.807) is 30.5 Å². The second-order valence-corrected chi connectivity index (χ2v) is 7.43. The first-order chi connectivity index (χ1) is 16.6. The monoisotopic (exact) mass is 455 g/mol. The van der Waals surface area contributed by atoms with Gasteiger partial charge in [0.2, 0.25) is 5.88 Å². The molecule has 0 unspecified atom stereocenters. The Morgan fingerprint density at radius 3 is 2.71 bits per heavy atom. The fourth-order valence-corrected chi connectivity index (χ4v) is 3.26. The predicted molar refractivity (Wildman–Crippen MR) is 129 cm³/mol. The number of hydrogen-bond acceptors (Lipinski definition) is 7. The van der Waals surface area contributed by atoms with E-state index in [9.17, 15) is 4.79 Å². The van der Waals surface area contributed by atoms with Crippen LogP contribution in [0.2, 0.25) is 0 Å². The second kappa shape index (κ2) is 10.5. The minimum absolute atomic E-state index is 0.259. The Morgan fingerprint density at radius 1 is 1.00 bits per heavy atom. The molecule has 34 heavy (non-hydrogen) atoms. The van der Waals surface area contributed by atoms with Gasteiger partial charge in [-0.25, -0.2) is 19.9 Å². The number of rotatable bonds is 8. The van der Waals surface area contributed by atoms with E-state index in [2.05, 4.69) is 25.3 Å². The largest absolute Gasteiger partial charge is 0.494 e. The molecule has 1 amide bonds. The summed E-state index contributed by atoms with van der Waals surface area (Å²) in [7, 11) is 0. The van der Waals surface area contributed by atoms with Crippen molar-refractivity contribution in [3.8, 4) is 28.8 Å². The Labute approximate surface area is 198 Å². The molecule has 4 aromatic rings. The molecule has 0 fully saturated rings. The smallest absolute Gasteiger partial charge is 0.255 e. The summed E-state index contributed by atoms with van der Waals surface area (Å²) in [5.41, 5.74) is 2.60. The van der Waals surface area contributed by atoms with Crippen LogP contribution in [0, 0.1) is 6.92 Å². The van der Waals surface area contributed by atoms with Gasteiger partial charge in [0.25, 0.3) is 5.91 Å². The number of aromatic nitrogens is 4. The van der Waals surface area contributed by atoms with Crippen molar-refractivity contribution in [1.29, 1.82) is 0 Å². The molecule has 0 bridgehead atoms. The number of carbonyl (C=O) groups excluding carboxylic acids is 1. The number of nitrogens with zero attached hydrogens (tertiary/aromatic N) is 4. The second-order valence-electron chi connectivity index (χ2n) is 7.43.